The molecule has 148 valence electrons. The molecular weight excluding hydrogens is 374 g/mol. The van der Waals surface area contributed by atoms with Crippen molar-refractivity contribution in [3.63, 3.8) is 0 Å². The molecule has 1 unspecified atom stereocenters. The van der Waals surface area contributed by atoms with Crippen LogP contribution >= 0.6 is 0 Å². The number of hydrogen-bond acceptors (Lipinski definition) is 3. The molecule has 1 atom stereocenters. The molecule has 1 amide bonds. The maximum Gasteiger partial charge on any atom is 0.254 e. The van der Waals surface area contributed by atoms with Gasteiger partial charge in [-0.1, -0.05) is 54.6 Å². The van der Waals surface area contributed by atoms with Crippen LogP contribution in [0.4, 0.5) is 0 Å². The van der Waals surface area contributed by atoms with Crippen molar-refractivity contribution in [3.8, 4) is 16.9 Å². The monoisotopic (exact) mass is 395 g/mol. The number of benzene rings is 3. The van der Waals surface area contributed by atoms with E-state index in [0.717, 1.165) is 28.1 Å². The number of fused-ring (bicyclic) bond motifs is 1. The molecule has 1 aliphatic rings. The second-order valence-electron chi connectivity index (χ2n) is 7.48. The van der Waals surface area contributed by atoms with Gasteiger partial charge in [0.25, 0.3) is 5.91 Å². The molecule has 1 aromatic heterocycles. The van der Waals surface area contributed by atoms with E-state index in [-0.39, 0.29) is 5.91 Å². The molecule has 2 heterocycles. The third-order valence-corrected chi connectivity index (χ3v) is 5.52. The molecule has 0 spiro atoms. The zero-order valence-electron chi connectivity index (χ0n) is 16.3. The Balaban J connectivity index is 1.34. The lowest BCUT2D eigenvalue weighted by molar-refractivity contribution is 0.0550. The van der Waals surface area contributed by atoms with Crippen LogP contribution in [0.3, 0.4) is 0 Å². The lowest BCUT2D eigenvalue weighted by Gasteiger charge is -2.32. The zero-order valence-corrected chi connectivity index (χ0v) is 16.3. The van der Waals surface area contributed by atoms with Crippen molar-refractivity contribution in [2.24, 2.45) is 0 Å². The van der Waals surface area contributed by atoms with E-state index in [9.17, 15) is 9.90 Å². The van der Waals surface area contributed by atoms with Gasteiger partial charge in [-0.2, -0.15) is 0 Å². The molecule has 0 saturated carbocycles. The van der Waals surface area contributed by atoms with Crippen LogP contribution in [-0.2, 0) is 6.54 Å². The van der Waals surface area contributed by atoms with E-state index in [1.165, 1.54) is 0 Å². The normalized spacial score (nSPS) is 15.6. The summed E-state index contributed by atoms with van der Waals surface area (Å²) in [6.45, 7) is 0.814. The molecule has 5 rings (SSSR count). The van der Waals surface area contributed by atoms with Gasteiger partial charge in [-0.3, -0.25) is 4.79 Å². The number of aromatic nitrogens is 2. The van der Waals surface area contributed by atoms with E-state index in [2.05, 4.69) is 4.98 Å². The highest BCUT2D eigenvalue weighted by atomic mass is 16.3. The Morgan fingerprint density at radius 2 is 1.67 bits per heavy atom. The van der Waals surface area contributed by atoms with E-state index in [1.807, 2.05) is 89.6 Å². The molecule has 30 heavy (non-hydrogen) atoms. The SMILES string of the molecule is O=C(c1ccc(-c2cn(-c3ccccc3)cn2)cc1)N1Cc2ccccc2C(O)C1. The number of para-hydroxylation sites is 1. The highest BCUT2D eigenvalue weighted by molar-refractivity contribution is 5.94. The van der Waals surface area contributed by atoms with Gasteiger partial charge in [0.1, 0.15) is 0 Å². The molecule has 4 aromatic rings. The first-order valence-corrected chi connectivity index (χ1v) is 9.94. The van der Waals surface area contributed by atoms with Gasteiger partial charge >= 0.3 is 0 Å². The summed E-state index contributed by atoms with van der Waals surface area (Å²) < 4.78 is 1.97. The van der Waals surface area contributed by atoms with Crippen LogP contribution in [0.5, 0.6) is 0 Å². The Kier molecular flexibility index (Phi) is 4.65. The quantitative estimate of drug-likeness (QED) is 0.565. The number of imidazole rings is 1. The van der Waals surface area contributed by atoms with Crippen molar-refractivity contribution in [1.82, 2.24) is 14.5 Å². The van der Waals surface area contributed by atoms with E-state index < -0.39 is 6.10 Å². The fraction of sp³-hybridized carbons (Fsp3) is 0.120. The number of rotatable bonds is 3. The molecule has 3 aromatic carbocycles. The van der Waals surface area contributed by atoms with Gasteiger partial charge in [0.2, 0.25) is 0 Å². The predicted octanol–water partition coefficient (Wildman–Crippen LogP) is 4.23. The summed E-state index contributed by atoms with van der Waals surface area (Å²) >= 11 is 0. The first kappa shape index (κ1) is 18.3. The van der Waals surface area contributed by atoms with Gasteiger partial charge in [0.15, 0.2) is 0 Å². The summed E-state index contributed by atoms with van der Waals surface area (Å²) in [6, 6.07) is 25.2. The number of carbonyl (C=O) groups is 1. The number of amides is 1. The Hall–Kier alpha value is -3.70. The maximum absolute atomic E-state index is 13.0. The molecular formula is C25H21N3O2. The van der Waals surface area contributed by atoms with Gasteiger partial charge in [-0.05, 0) is 35.4 Å². The summed E-state index contributed by atoms with van der Waals surface area (Å²) in [4.78, 5) is 19.2. The minimum Gasteiger partial charge on any atom is -0.387 e. The van der Waals surface area contributed by atoms with Crippen LogP contribution in [0.25, 0.3) is 16.9 Å². The highest BCUT2D eigenvalue weighted by Crippen LogP contribution is 2.28. The maximum atomic E-state index is 13.0. The predicted molar refractivity (Wildman–Crippen MR) is 115 cm³/mol. The summed E-state index contributed by atoms with van der Waals surface area (Å²) in [5.41, 5.74) is 5.35. The number of carbonyl (C=O) groups excluding carboxylic acids is 1. The van der Waals surface area contributed by atoms with Gasteiger partial charge in [-0.25, -0.2) is 4.98 Å². The van der Waals surface area contributed by atoms with E-state index in [0.29, 0.717) is 18.7 Å². The number of aliphatic hydroxyl groups is 1. The molecule has 0 bridgehead atoms. The average molecular weight is 395 g/mol. The number of β-amino-alcohol motifs (C(OH)–C–C–N with tert-alkyl or cyclic N) is 1. The van der Waals surface area contributed by atoms with E-state index in [1.54, 1.807) is 11.2 Å². The lowest BCUT2D eigenvalue weighted by Crippen LogP contribution is -2.38. The van der Waals surface area contributed by atoms with Gasteiger partial charge in [0.05, 0.1) is 24.7 Å². The minimum absolute atomic E-state index is 0.0788. The van der Waals surface area contributed by atoms with E-state index in [4.69, 9.17) is 0 Å². The largest absolute Gasteiger partial charge is 0.387 e. The molecule has 5 nitrogen and oxygen atoms in total. The Morgan fingerprint density at radius 3 is 2.47 bits per heavy atom. The first-order valence-electron chi connectivity index (χ1n) is 9.94. The fourth-order valence-corrected chi connectivity index (χ4v) is 3.91. The molecule has 0 saturated heterocycles. The first-order chi connectivity index (χ1) is 14.7. The number of hydrogen-bond donors (Lipinski definition) is 1. The number of aliphatic hydroxyl groups excluding tert-OH is 1. The Morgan fingerprint density at radius 1 is 0.933 bits per heavy atom. The van der Waals surface area contributed by atoms with Crippen LogP contribution in [0.2, 0.25) is 0 Å². The number of nitrogens with zero attached hydrogens (tertiary/aromatic N) is 3. The second kappa shape index (κ2) is 7.61. The third kappa shape index (κ3) is 3.40. The van der Waals surface area contributed by atoms with Crippen LogP contribution < -0.4 is 0 Å². The van der Waals surface area contributed by atoms with Gasteiger partial charge in [-0.15, -0.1) is 0 Å². The standard InChI is InChI=1S/C25H21N3O2/c29-24-16-27(14-20-6-4-5-9-22(20)24)25(30)19-12-10-18(11-13-19)23-15-28(17-26-23)21-7-2-1-3-8-21/h1-13,15,17,24,29H,14,16H2. The van der Waals surface area contributed by atoms with Crippen LogP contribution in [-0.4, -0.2) is 32.0 Å². The minimum atomic E-state index is -0.653. The average Bonchev–Trinajstić information content (AvgIpc) is 3.30. The van der Waals surface area contributed by atoms with Crippen molar-refractivity contribution in [3.05, 3.63) is 108 Å². The Labute approximate surface area is 174 Å². The lowest BCUT2D eigenvalue weighted by atomic mass is 9.97. The summed E-state index contributed by atoms with van der Waals surface area (Å²) in [6.07, 6.45) is 3.11. The second-order valence-corrected chi connectivity index (χ2v) is 7.48. The molecule has 1 N–H and O–H groups in total. The van der Waals surface area contributed by atoms with E-state index >= 15 is 0 Å². The van der Waals surface area contributed by atoms with Crippen molar-refractivity contribution in [2.75, 3.05) is 6.54 Å². The smallest absolute Gasteiger partial charge is 0.254 e. The van der Waals surface area contributed by atoms with Crippen molar-refractivity contribution < 1.29 is 9.90 Å². The molecule has 0 aliphatic carbocycles. The summed E-state index contributed by atoms with van der Waals surface area (Å²) in [5.74, 6) is -0.0788. The molecule has 5 heteroatoms. The van der Waals surface area contributed by atoms with Gasteiger partial charge < -0.3 is 14.6 Å². The molecule has 1 aliphatic heterocycles. The molecule has 0 fully saturated rings. The van der Waals surface area contributed by atoms with Crippen LogP contribution in [0.15, 0.2) is 91.4 Å². The Bertz CT molecular complexity index is 1180. The van der Waals surface area contributed by atoms with Crippen molar-refractivity contribution in [2.45, 2.75) is 12.6 Å². The highest BCUT2D eigenvalue weighted by Gasteiger charge is 2.27. The summed E-state index contributed by atoms with van der Waals surface area (Å²) in [7, 11) is 0. The zero-order chi connectivity index (χ0) is 20.5. The van der Waals surface area contributed by atoms with Crippen LogP contribution in [0, 0.1) is 0 Å². The molecule has 0 radical (unpaired) electrons. The van der Waals surface area contributed by atoms with Crippen molar-refractivity contribution >= 4 is 5.91 Å². The van der Waals surface area contributed by atoms with Crippen LogP contribution in [0.1, 0.15) is 27.6 Å². The topological polar surface area (TPSA) is 58.4 Å². The third-order valence-electron chi connectivity index (χ3n) is 5.52. The summed E-state index contributed by atoms with van der Waals surface area (Å²) in [5, 5.41) is 10.4. The van der Waals surface area contributed by atoms with Gasteiger partial charge in [0, 0.05) is 29.6 Å². The van der Waals surface area contributed by atoms with Crippen molar-refractivity contribution in [1.29, 1.82) is 0 Å². The fourth-order valence-electron chi connectivity index (χ4n) is 3.91.